The predicted molar refractivity (Wildman–Crippen MR) is 112 cm³/mol. The normalized spacial score (nSPS) is 11.0. The van der Waals surface area contributed by atoms with E-state index in [0.29, 0.717) is 12.4 Å². The zero-order chi connectivity index (χ0) is 19.0. The number of carbonyl (C=O) groups excluding carboxylic acids is 1. The van der Waals surface area contributed by atoms with Crippen LogP contribution in [-0.2, 0) is 0 Å². The van der Waals surface area contributed by atoms with Gasteiger partial charge in [0.1, 0.15) is 12.1 Å². The zero-order valence-electron chi connectivity index (χ0n) is 15.1. The van der Waals surface area contributed by atoms with Crippen LogP contribution in [0.15, 0.2) is 48.8 Å². The van der Waals surface area contributed by atoms with Gasteiger partial charge in [-0.2, -0.15) is 0 Å². The number of amides is 2. The number of aromatic nitrogens is 2. The molecule has 0 aliphatic heterocycles. The Hall–Kier alpha value is -3.19. The van der Waals surface area contributed by atoms with E-state index in [4.69, 9.17) is 5.73 Å². The summed E-state index contributed by atoms with van der Waals surface area (Å²) in [5, 5.41) is 3.99. The molecule has 0 aliphatic rings. The highest BCUT2D eigenvalue weighted by Gasteiger charge is 2.11. The standard InChI is InChI=1S/C20H19N5OS/c1-3-25(2)20(26)24-14-6-4-5-12(9-14)13-7-8-15-16(10-13)27-18-17(15)22-11-23-19(18)21/h4-11H,3H2,1-2H3,(H,24,26)(H2,21,22,23). The number of thiophene rings is 1. The number of rotatable bonds is 3. The van der Waals surface area contributed by atoms with Gasteiger partial charge in [-0.1, -0.05) is 24.3 Å². The number of nitrogens with zero attached hydrogens (tertiary/aromatic N) is 3. The van der Waals surface area contributed by atoms with Crippen molar-refractivity contribution in [2.24, 2.45) is 0 Å². The molecule has 136 valence electrons. The molecule has 2 amide bonds. The maximum atomic E-state index is 12.1. The molecule has 4 rings (SSSR count). The van der Waals surface area contributed by atoms with Crippen molar-refractivity contribution in [3.63, 3.8) is 0 Å². The van der Waals surface area contributed by atoms with E-state index in [-0.39, 0.29) is 6.03 Å². The third kappa shape index (κ3) is 3.17. The lowest BCUT2D eigenvalue weighted by molar-refractivity contribution is 0.224. The van der Waals surface area contributed by atoms with Crippen LogP contribution in [0, 0.1) is 0 Å². The van der Waals surface area contributed by atoms with Gasteiger partial charge in [-0.05, 0) is 36.2 Å². The topological polar surface area (TPSA) is 84.1 Å². The first-order chi connectivity index (χ1) is 13.1. The second-order valence-electron chi connectivity index (χ2n) is 6.27. The summed E-state index contributed by atoms with van der Waals surface area (Å²) >= 11 is 1.59. The Balaban J connectivity index is 1.72. The van der Waals surface area contributed by atoms with Gasteiger partial charge in [-0.3, -0.25) is 0 Å². The van der Waals surface area contributed by atoms with E-state index < -0.39 is 0 Å². The highest BCUT2D eigenvalue weighted by atomic mass is 32.1. The van der Waals surface area contributed by atoms with Gasteiger partial charge in [0.15, 0.2) is 0 Å². The van der Waals surface area contributed by atoms with E-state index in [1.54, 1.807) is 23.3 Å². The Bertz CT molecular complexity index is 1150. The van der Waals surface area contributed by atoms with Crippen LogP contribution in [-0.4, -0.2) is 34.5 Å². The third-order valence-corrected chi connectivity index (χ3v) is 5.71. The fourth-order valence-corrected chi connectivity index (χ4v) is 4.01. The summed E-state index contributed by atoms with van der Waals surface area (Å²) in [6.45, 7) is 2.59. The number of urea groups is 1. The molecule has 0 unspecified atom stereocenters. The number of nitrogen functional groups attached to an aromatic ring is 1. The quantitative estimate of drug-likeness (QED) is 0.547. The van der Waals surface area contributed by atoms with Crippen LogP contribution in [0.1, 0.15) is 6.92 Å². The Morgan fingerprint density at radius 2 is 2.00 bits per heavy atom. The average Bonchev–Trinajstić information content (AvgIpc) is 3.07. The minimum Gasteiger partial charge on any atom is -0.382 e. The smallest absolute Gasteiger partial charge is 0.321 e. The van der Waals surface area contributed by atoms with Crippen LogP contribution < -0.4 is 11.1 Å². The van der Waals surface area contributed by atoms with Gasteiger partial charge in [-0.15, -0.1) is 11.3 Å². The molecule has 0 radical (unpaired) electrons. The minimum absolute atomic E-state index is 0.122. The molecular formula is C20H19N5OS. The second kappa shape index (κ2) is 6.85. The third-order valence-electron chi connectivity index (χ3n) is 4.55. The number of benzene rings is 2. The molecule has 2 heterocycles. The molecule has 27 heavy (non-hydrogen) atoms. The summed E-state index contributed by atoms with van der Waals surface area (Å²) in [4.78, 5) is 22.2. The van der Waals surface area contributed by atoms with Crippen molar-refractivity contribution in [2.75, 3.05) is 24.6 Å². The van der Waals surface area contributed by atoms with Crippen molar-refractivity contribution >= 4 is 49.2 Å². The van der Waals surface area contributed by atoms with E-state index in [1.807, 2.05) is 31.2 Å². The average molecular weight is 377 g/mol. The Morgan fingerprint density at radius 1 is 1.19 bits per heavy atom. The molecule has 0 saturated carbocycles. The number of carbonyl (C=O) groups is 1. The minimum atomic E-state index is -0.122. The molecule has 0 spiro atoms. The SMILES string of the molecule is CCN(C)C(=O)Nc1cccc(-c2ccc3c(c2)sc2c(N)ncnc23)c1. The highest BCUT2D eigenvalue weighted by molar-refractivity contribution is 7.26. The summed E-state index contributed by atoms with van der Waals surface area (Å²) in [6, 6.07) is 14.0. The number of hydrogen-bond donors (Lipinski definition) is 2. The lowest BCUT2D eigenvalue weighted by Crippen LogP contribution is -2.30. The van der Waals surface area contributed by atoms with Crippen LogP contribution in [0.5, 0.6) is 0 Å². The summed E-state index contributed by atoms with van der Waals surface area (Å²) in [5.41, 5.74) is 9.74. The van der Waals surface area contributed by atoms with Gasteiger partial charge in [0.05, 0.1) is 10.2 Å². The van der Waals surface area contributed by atoms with Crippen molar-refractivity contribution in [1.29, 1.82) is 0 Å². The van der Waals surface area contributed by atoms with Gasteiger partial charge < -0.3 is 16.0 Å². The van der Waals surface area contributed by atoms with E-state index >= 15 is 0 Å². The maximum Gasteiger partial charge on any atom is 0.321 e. The van der Waals surface area contributed by atoms with Crippen molar-refractivity contribution in [2.45, 2.75) is 6.92 Å². The summed E-state index contributed by atoms with van der Waals surface area (Å²) in [5.74, 6) is 0.507. The summed E-state index contributed by atoms with van der Waals surface area (Å²) in [7, 11) is 1.77. The van der Waals surface area contributed by atoms with Gasteiger partial charge in [0.25, 0.3) is 0 Å². The van der Waals surface area contributed by atoms with E-state index in [9.17, 15) is 4.79 Å². The highest BCUT2D eigenvalue weighted by Crippen LogP contribution is 2.37. The largest absolute Gasteiger partial charge is 0.382 e. The first-order valence-corrected chi connectivity index (χ1v) is 9.43. The molecule has 0 atom stereocenters. The van der Waals surface area contributed by atoms with Crippen LogP contribution in [0.4, 0.5) is 16.3 Å². The molecular weight excluding hydrogens is 358 g/mol. The Kier molecular flexibility index (Phi) is 4.37. The zero-order valence-corrected chi connectivity index (χ0v) is 15.9. The van der Waals surface area contributed by atoms with Crippen LogP contribution in [0.3, 0.4) is 0 Å². The summed E-state index contributed by atoms with van der Waals surface area (Å²) < 4.78 is 2.02. The van der Waals surface area contributed by atoms with Gasteiger partial charge >= 0.3 is 6.03 Å². The fourth-order valence-electron chi connectivity index (χ4n) is 2.91. The number of nitrogens with two attached hydrogens (primary N) is 1. The lowest BCUT2D eigenvalue weighted by atomic mass is 10.0. The van der Waals surface area contributed by atoms with Crippen molar-refractivity contribution < 1.29 is 4.79 Å². The molecule has 0 bridgehead atoms. The van der Waals surface area contributed by atoms with E-state index in [0.717, 1.165) is 37.1 Å². The summed E-state index contributed by atoms with van der Waals surface area (Å²) in [6.07, 6.45) is 1.50. The molecule has 0 saturated heterocycles. The molecule has 7 heteroatoms. The van der Waals surface area contributed by atoms with Crippen LogP contribution in [0.25, 0.3) is 31.4 Å². The number of anilines is 2. The molecule has 2 aromatic heterocycles. The molecule has 4 aromatic rings. The monoisotopic (exact) mass is 377 g/mol. The first-order valence-electron chi connectivity index (χ1n) is 8.62. The molecule has 0 aliphatic carbocycles. The van der Waals surface area contributed by atoms with Crippen LogP contribution >= 0.6 is 11.3 Å². The second-order valence-corrected chi connectivity index (χ2v) is 7.33. The van der Waals surface area contributed by atoms with E-state index in [1.165, 1.54) is 6.33 Å². The van der Waals surface area contributed by atoms with Gasteiger partial charge in [-0.25, -0.2) is 14.8 Å². The van der Waals surface area contributed by atoms with Crippen LogP contribution in [0.2, 0.25) is 0 Å². The first kappa shape index (κ1) is 17.2. The van der Waals surface area contributed by atoms with Gasteiger partial charge in [0, 0.05) is 29.4 Å². The maximum absolute atomic E-state index is 12.1. The Morgan fingerprint density at radius 3 is 2.81 bits per heavy atom. The molecule has 6 nitrogen and oxygen atoms in total. The number of hydrogen-bond acceptors (Lipinski definition) is 5. The molecule has 0 fully saturated rings. The van der Waals surface area contributed by atoms with Gasteiger partial charge in [0.2, 0.25) is 0 Å². The lowest BCUT2D eigenvalue weighted by Gasteiger charge is -2.16. The van der Waals surface area contributed by atoms with Crippen molar-refractivity contribution in [3.05, 3.63) is 48.8 Å². The predicted octanol–water partition coefficient (Wildman–Crippen LogP) is 4.58. The molecule has 3 N–H and O–H groups in total. The van der Waals surface area contributed by atoms with E-state index in [2.05, 4.69) is 33.5 Å². The number of nitrogens with one attached hydrogen (secondary N) is 1. The molecule has 2 aromatic carbocycles. The van der Waals surface area contributed by atoms with Crippen molar-refractivity contribution in [3.8, 4) is 11.1 Å². The number of fused-ring (bicyclic) bond motifs is 3. The fraction of sp³-hybridized carbons (Fsp3) is 0.150. The van der Waals surface area contributed by atoms with Crippen molar-refractivity contribution in [1.82, 2.24) is 14.9 Å². The Labute approximate surface area is 160 Å².